The van der Waals surface area contributed by atoms with Crippen LogP contribution in [-0.4, -0.2) is 104 Å². The Balaban J connectivity index is 2.11. The lowest BCUT2D eigenvalue weighted by atomic mass is 9.99. The first-order chi connectivity index (χ1) is 23.2. The van der Waals surface area contributed by atoms with Gasteiger partial charge in [-0.1, -0.05) is 27.7 Å². The number of carbonyl (C=O) groups excluding carboxylic acids is 5. The molecule has 0 spiro atoms. The van der Waals surface area contributed by atoms with Crippen molar-refractivity contribution in [3.05, 3.63) is 36.4 Å². The molecule has 272 valence electrons. The number of H-pyrrole nitrogens is 2. The predicted molar refractivity (Wildman–Crippen MR) is 178 cm³/mol. The number of nitrogens with two attached hydrogens (primary N) is 2. The average molecular weight is 690 g/mol. The number of hydrogen-bond acceptors (Lipinski definition) is 10. The van der Waals surface area contributed by atoms with Crippen LogP contribution in [0.2, 0.25) is 0 Å². The van der Waals surface area contributed by atoms with Crippen molar-refractivity contribution in [3.63, 3.8) is 0 Å². The normalized spacial score (nSPS) is 14.3. The molecule has 0 aromatic carbocycles. The molecule has 2 aromatic rings. The van der Waals surface area contributed by atoms with Crippen molar-refractivity contribution < 1.29 is 33.9 Å². The number of carboxylic acids is 1. The van der Waals surface area contributed by atoms with Gasteiger partial charge in [-0.2, -0.15) is 0 Å². The number of aliphatic carboxylic acids is 1. The van der Waals surface area contributed by atoms with Crippen molar-refractivity contribution in [1.29, 1.82) is 0 Å². The van der Waals surface area contributed by atoms with Gasteiger partial charge in [0.15, 0.2) is 0 Å². The molecule has 18 nitrogen and oxygen atoms in total. The Morgan fingerprint density at radius 1 is 0.776 bits per heavy atom. The van der Waals surface area contributed by atoms with Gasteiger partial charge in [0, 0.05) is 36.6 Å². The van der Waals surface area contributed by atoms with Gasteiger partial charge in [-0.05, 0) is 44.1 Å². The molecule has 0 aliphatic carbocycles. The van der Waals surface area contributed by atoms with Gasteiger partial charge in [-0.25, -0.2) is 14.8 Å². The predicted octanol–water partition coefficient (Wildman–Crippen LogP) is -1.78. The molecule has 0 aliphatic rings. The lowest BCUT2D eigenvalue weighted by Crippen LogP contribution is -2.60. The van der Waals surface area contributed by atoms with Gasteiger partial charge in [0.2, 0.25) is 29.5 Å². The third-order valence-corrected chi connectivity index (χ3v) is 7.53. The number of carbonyl (C=O) groups is 6. The Hall–Kier alpha value is -4.84. The van der Waals surface area contributed by atoms with Gasteiger partial charge in [0.25, 0.3) is 0 Å². The average Bonchev–Trinajstić information content (AvgIpc) is 3.75. The van der Waals surface area contributed by atoms with Crippen LogP contribution in [0.3, 0.4) is 0 Å². The van der Waals surface area contributed by atoms with Crippen LogP contribution in [0.15, 0.2) is 25.0 Å². The van der Waals surface area contributed by atoms with Gasteiger partial charge in [-0.15, -0.1) is 0 Å². The van der Waals surface area contributed by atoms with Crippen LogP contribution >= 0.6 is 0 Å². The number of amides is 5. The second-order valence-electron chi connectivity index (χ2n) is 12.6. The molecule has 2 rings (SSSR count). The fraction of sp³-hybridized carbons (Fsp3) is 0.613. The zero-order chi connectivity index (χ0) is 36.5. The molecular formula is C31H51N11O7. The molecule has 0 saturated heterocycles. The number of aromatic nitrogens is 4. The van der Waals surface area contributed by atoms with Gasteiger partial charge in [0.1, 0.15) is 24.2 Å². The summed E-state index contributed by atoms with van der Waals surface area (Å²) in [5.41, 5.74) is 12.6. The Morgan fingerprint density at radius 3 is 1.90 bits per heavy atom. The van der Waals surface area contributed by atoms with Gasteiger partial charge < -0.3 is 53.1 Å². The zero-order valence-electron chi connectivity index (χ0n) is 28.5. The second-order valence-corrected chi connectivity index (χ2v) is 12.6. The molecule has 49 heavy (non-hydrogen) atoms. The summed E-state index contributed by atoms with van der Waals surface area (Å²) in [7, 11) is 0. The van der Waals surface area contributed by atoms with Crippen molar-refractivity contribution in [2.24, 2.45) is 23.3 Å². The molecule has 0 fully saturated rings. The highest BCUT2D eigenvalue weighted by molar-refractivity contribution is 5.95. The zero-order valence-corrected chi connectivity index (χ0v) is 28.5. The van der Waals surface area contributed by atoms with Crippen LogP contribution in [-0.2, 0) is 41.6 Å². The van der Waals surface area contributed by atoms with E-state index in [0.29, 0.717) is 30.8 Å². The highest BCUT2D eigenvalue weighted by atomic mass is 16.4. The largest absolute Gasteiger partial charge is 0.480 e. The molecule has 18 heteroatoms. The van der Waals surface area contributed by atoms with E-state index in [2.05, 4.69) is 46.5 Å². The number of hydrogen-bond donors (Lipinski definition) is 10. The molecule has 2 heterocycles. The molecule has 0 radical (unpaired) electrons. The van der Waals surface area contributed by atoms with Crippen molar-refractivity contribution in [3.8, 4) is 0 Å². The standard InChI is InChI=1S/C31H51N11O7/c1-17(2)9-23(39-25(43)14-36-27(44)21(33)10-19-12-34-15-37-19)29(46)42-26(18(3)4)30(47)41-24(11-20-13-35-16-38-20)28(45)40-22(31(48)49)7-5-6-8-32/h12-13,15-18,21-24,26H,5-11,14,32-33H2,1-4H3,(H,34,37)(H,35,38)(H,36,44)(H,39,43)(H,40,45)(H,41,47)(H,42,46)(H,48,49)/t21-,22-,23-,24-,26-/m0/s1. The minimum Gasteiger partial charge on any atom is -0.480 e. The molecule has 12 N–H and O–H groups in total. The topological polar surface area (TPSA) is 292 Å². The summed E-state index contributed by atoms with van der Waals surface area (Å²) >= 11 is 0. The summed E-state index contributed by atoms with van der Waals surface area (Å²) < 4.78 is 0. The molecule has 2 aromatic heterocycles. The highest BCUT2D eigenvalue weighted by Gasteiger charge is 2.33. The van der Waals surface area contributed by atoms with Gasteiger partial charge >= 0.3 is 5.97 Å². The lowest BCUT2D eigenvalue weighted by Gasteiger charge is -2.28. The van der Waals surface area contributed by atoms with E-state index < -0.39 is 78.2 Å². The van der Waals surface area contributed by atoms with E-state index in [0.717, 1.165) is 0 Å². The molecule has 0 bridgehead atoms. The van der Waals surface area contributed by atoms with Crippen molar-refractivity contribution >= 4 is 35.5 Å². The smallest absolute Gasteiger partial charge is 0.326 e. The number of nitrogens with zero attached hydrogens (tertiary/aromatic N) is 2. The van der Waals surface area contributed by atoms with Crippen LogP contribution in [0.4, 0.5) is 0 Å². The molecule has 5 atom stereocenters. The van der Waals surface area contributed by atoms with Crippen LogP contribution in [0, 0.1) is 11.8 Å². The first-order valence-electron chi connectivity index (χ1n) is 16.3. The summed E-state index contributed by atoms with van der Waals surface area (Å²) in [5.74, 6) is -4.96. The highest BCUT2D eigenvalue weighted by Crippen LogP contribution is 2.10. The third kappa shape index (κ3) is 14.4. The SMILES string of the molecule is CC(C)C[C@H](NC(=O)CNC(=O)[C@@H](N)Cc1cnc[nH]1)C(=O)N[C@H](C(=O)N[C@@H](Cc1cnc[nH]1)C(=O)N[C@@H](CCCCN)C(=O)O)C(C)C. The number of unbranched alkanes of at least 4 members (excludes halogenated alkanes) is 1. The van der Waals surface area contributed by atoms with Crippen LogP contribution < -0.4 is 38.1 Å². The Kier molecular flexibility index (Phi) is 16.9. The monoisotopic (exact) mass is 689 g/mol. The fourth-order valence-corrected chi connectivity index (χ4v) is 4.87. The van der Waals surface area contributed by atoms with Gasteiger partial charge in [-0.3, -0.25) is 24.0 Å². The summed E-state index contributed by atoms with van der Waals surface area (Å²) in [5, 5.41) is 22.6. The summed E-state index contributed by atoms with van der Waals surface area (Å²) in [6.07, 6.45) is 7.46. The van der Waals surface area contributed by atoms with E-state index in [1.54, 1.807) is 13.8 Å². The van der Waals surface area contributed by atoms with Crippen molar-refractivity contribution in [1.82, 2.24) is 46.5 Å². The minimum atomic E-state index is -1.22. The van der Waals surface area contributed by atoms with E-state index >= 15 is 0 Å². The van der Waals surface area contributed by atoms with E-state index in [9.17, 15) is 33.9 Å². The molecule has 0 saturated carbocycles. The number of carboxylic acid groups (broad SMARTS) is 1. The third-order valence-electron chi connectivity index (χ3n) is 7.53. The lowest BCUT2D eigenvalue weighted by molar-refractivity contribution is -0.142. The molecule has 0 aliphatic heterocycles. The molecule has 0 unspecified atom stereocenters. The molecule has 5 amide bonds. The Labute approximate surface area is 285 Å². The Bertz CT molecular complexity index is 1350. The maximum atomic E-state index is 13.6. The maximum Gasteiger partial charge on any atom is 0.326 e. The summed E-state index contributed by atoms with van der Waals surface area (Å²) in [6, 6.07) is -5.52. The maximum absolute atomic E-state index is 13.6. The first-order valence-corrected chi connectivity index (χ1v) is 16.3. The van der Waals surface area contributed by atoms with E-state index in [1.165, 1.54) is 25.0 Å². The Morgan fingerprint density at radius 2 is 1.37 bits per heavy atom. The van der Waals surface area contributed by atoms with E-state index in [4.69, 9.17) is 11.5 Å². The first kappa shape index (κ1) is 40.3. The van der Waals surface area contributed by atoms with Gasteiger partial charge in [0.05, 0.1) is 25.2 Å². The summed E-state index contributed by atoms with van der Waals surface area (Å²) in [6.45, 7) is 7.05. The van der Waals surface area contributed by atoms with Crippen LogP contribution in [0.1, 0.15) is 64.8 Å². The second kappa shape index (κ2) is 20.5. The van der Waals surface area contributed by atoms with E-state index in [-0.39, 0.29) is 31.6 Å². The minimum absolute atomic E-state index is 0.0330. The van der Waals surface area contributed by atoms with E-state index in [1.807, 2.05) is 13.8 Å². The van der Waals surface area contributed by atoms with Crippen molar-refractivity contribution in [2.75, 3.05) is 13.1 Å². The number of rotatable bonds is 22. The number of nitrogens with one attached hydrogen (secondary N) is 7. The van der Waals surface area contributed by atoms with Crippen molar-refractivity contribution in [2.45, 2.75) is 96.4 Å². The van der Waals surface area contributed by atoms with Crippen LogP contribution in [0.5, 0.6) is 0 Å². The van der Waals surface area contributed by atoms with Crippen LogP contribution in [0.25, 0.3) is 0 Å². The quantitative estimate of drug-likeness (QED) is 0.0616. The molecular weight excluding hydrogens is 638 g/mol. The summed E-state index contributed by atoms with van der Waals surface area (Å²) in [4.78, 5) is 91.0. The number of aromatic amines is 2. The number of imidazole rings is 2. The fourth-order valence-electron chi connectivity index (χ4n) is 4.87.